The molecule has 0 fully saturated rings. The monoisotopic (exact) mass is 542 g/mol. The van der Waals surface area contributed by atoms with Crippen LogP contribution in [0.15, 0.2) is 82.8 Å². The van der Waals surface area contributed by atoms with E-state index < -0.39 is 22.5 Å². The standard InChI is InChI=1S/C31H34N4O3S/c1-21-12-13-23(3)30(16-21)34(39(37,38)29-10-8-7-9-11-29)20-31(36)33-32-19-27-18-25(5)35(26(27)6)28-15-14-22(2)24(4)17-28/h7-19H,20H2,1-6H3,(H,33,36)/b32-19-. The van der Waals surface area contributed by atoms with E-state index >= 15 is 0 Å². The quantitative estimate of drug-likeness (QED) is 0.230. The van der Waals surface area contributed by atoms with Gasteiger partial charge in [-0.3, -0.25) is 9.10 Å². The molecule has 8 heteroatoms. The fourth-order valence-corrected chi connectivity index (χ4v) is 6.03. The van der Waals surface area contributed by atoms with Crippen molar-refractivity contribution in [2.45, 2.75) is 46.4 Å². The second-order valence-corrected chi connectivity index (χ2v) is 11.7. The first-order valence-electron chi connectivity index (χ1n) is 12.7. The number of carbonyl (C=O) groups excluding carboxylic acids is 1. The molecule has 7 nitrogen and oxygen atoms in total. The average Bonchev–Trinajstić information content (AvgIpc) is 3.18. The molecule has 1 amide bonds. The van der Waals surface area contributed by atoms with Gasteiger partial charge in [0.1, 0.15) is 6.54 Å². The number of anilines is 1. The molecule has 3 aromatic carbocycles. The number of amides is 1. The van der Waals surface area contributed by atoms with Crippen LogP contribution in [-0.4, -0.2) is 31.7 Å². The predicted molar refractivity (Wildman–Crippen MR) is 157 cm³/mol. The highest BCUT2D eigenvalue weighted by molar-refractivity contribution is 7.92. The zero-order valence-corrected chi connectivity index (χ0v) is 24.0. The number of aryl methyl sites for hydroxylation is 5. The highest BCUT2D eigenvalue weighted by atomic mass is 32.2. The van der Waals surface area contributed by atoms with Crippen LogP contribution in [0.4, 0.5) is 5.69 Å². The molecular weight excluding hydrogens is 508 g/mol. The van der Waals surface area contributed by atoms with E-state index in [2.05, 4.69) is 47.1 Å². The van der Waals surface area contributed by atoms with Crippen LogP contribution in [0.25, 0.3) is 5.69 Å². The van der Waals surface area contributed by atoms with Crippen LogP contribution in [0, 0.1) is 41.5 Å². The van der Waals surface area contributed by atoms with Crippen LogP contribution in [0.2, 0.25) is 0 Å². The van der Waals surface area contributed by atoms with Crippen molar-refractivity contribution < 1.29 is 13.2 Å². The molecular formula is C31H34N4O3S. The summed E-state index contributed by atoms with van der Waals surface area (Å²) >= 11 is 0. The van der Waals surface area contributed by atoms with Gasteiger partial charge in [0.15, 0.2) is 0 Å². The van der Waals surface area contributed by atoms with E-state index in [0.717, 1.165) is 38.1 Å². The Morgan fingerprint density at radius 1 is 0.872 bits per heavy atom. The van der Waals surface area contributed by atoms with E-state index in [9.17, 15) is 13.2 Å². The zero-order chi connectivity index (χ0) is 28.3. The molecule has 0 spiro atoms. The molecule has 39 heavy (non-hydrogen) atoms. The average molecular weight is 543 g/mol. The molecule has 0 bridgehead atoms. The summed E-state index contributed by atoms with van der Waals surface area (Å²) < 4.78 is 30.5. The minimum absolute atomic E-state index is 0.112. The summed E-state index contributed by atoms with van der Waals surface area (Å²) in [5, 5.41) is 4.16. The summed E-state index contributed by atoms with van der Waals surface area (Å²) in [5.41, 5.74) is 11.0. The van der Waals surface area contributed by atoms with Crippen molar-refractivity contribution >= 4 is 27.8 Å². The Kier molecular flexibility index (Phi) is 8.06. The Bertz CT molecular complexity index is 1650. The third kappa shape index (κ3) is 5.96. The Morgan fingerprint density at radius 3 is 2.26 bits per heavy atom. The summed E-state index contributed by atoms with van der Waals surface area (Å²) in [6.45, 7) is 11.5. The molecule has 4 rings (SSSR count). The smallest absolute Gasteiger partial charge is 0.264 e. The van der Waals surface area contributed by atoms with Gasteiger partial charge in [-0.25, -0.2) is 13.8 Å². The van der Waals surface area contributed by atoms with E-state index in [1.165, 1.54) is 23.3 Å². The van der Waals surface area contributed by atoms with Gasteiger partial charge in [-0.05, 0) is 100 Å². The number of sulfonamides is 1. The molecule has 0 aliphatic carbocycles. The number of nitrogens with one attached hydrogen (secondary N) is 1. The molecule has 202 valence electrons. The van der Waals surface area contributed by atoms with E-state index in [4.69, 9.17) is 0 Å². The number of rotatable bonds is 8. The van der Waals surface area contributed by atoms with Crippen LogP contribution in [-0.2, 0) is 14.8 Å². The lowest BCUT2D eigenvalue weighted by Crippen LogP contribution is -2.40. The minimum atomic E-state index is -3.99. The molecule has 0 unspecified atom stereocenters. The van der Waals surface area contributed by atoms with Crippen LogP contribution in [0.5, 0.6) is 0 Å². The van der Waals surface area contributed by atoms with Gasteiger partial charge in [-0.2, -0.15) is 5.10 Å². The molecule has 0 aliphatic rings. The minimum Gasteiger partial charge on any atom is -0.318 e. The first-order valence-corrected chi connectivity index (χ1v) is 14.2. The third-order valence-electron chi connectivity index (χ3n) is 6.86. The maximum Gasteiger partial charge on any atom is 0.264 e. The van der Waals surface area contributed by atoms with Crippen molar-refractivity contribution in [3.05, 3.63) is 112 Å². The number of hydrogen-bond donors (Lipinski definition) is 1. The van der Waals surface area contributed by atoms with Gasteiger partial charge in [0.05, 0.1) is 16.8 Å². The highest BCUT2D eigenvalue weighted by Crippen LogP contribution is 2.28. The largest absolute Gasteiger partial charge is 0.318 e. The fourth-order valence-electron chi connectivity index (χ4n) is 4.53. The first kappa shape index (κ1) is 27.9. The molecule has 0 saturated heterocycles. The molecule has 1 aromatic heterocycles. The Hall–Kier alpha value is -4.17. The number of nitrogens with zero attached hydrogens (tertiary/aromatic N) is 3. The highest BCUT2D eigenvalue weighted by Gasteiger charge is 2.28. The van der Waals surface area contributed by atoms with Crippen molar-refractivity contribution in [3.63, 3.8) is 0 Å². The van der Waals surface area contributed by atoms with E-state index in [1.54, 1.807) is 30.5 Å². The van der Waals surface area contributed by atoms with Crippen molar-refractivity contribution in [3.8, 4) is 5.69 Å². The molecule has 1 heterocycles. The molecule has 0 saturated carbocycles. The van der Waals surface area contributed by atoms with Gasteiger partial charge in [-0.15, -0.1) is 0 Å². The van der Waals surface area contributed by atoms with Crippen LogP contribution in [0.3, 0.4) is 0 Å². The summed E-state index contributed by atoms with van der Waals surface area (Å²) in [5.74, 6) is -0.547. The molecule has 0 aliphatic heterocycles. The zero-order valence-electron chi connectivity index (χ0n) is 23.2. The van der Waals surface area contributed by atoms with Gasteiger partial charge in [0.25, 0.3) is 15.9 Å². The van der Waals surface area contributed by atoms with Crippen molar-refractivity contribution in [1.82, 2.24) is 9.99 Å². The van der Waals surface area contributed by atoms with Crippen LogP contribution in [0.1, 0.15) is 39.2 Å². The van der Waals surface area contributed by atoms with Crippen molar-refractivity contribution in [2.24, 2.45) is 5.10 Å². The maximum absolute atomic E-state index is 13.6. The molecule has 0 radical (unpaired) electrons. The van der Waals surface area contributed by atoms with Crippen LogP contribution < -0.4 is 9.73 Å². The Labute approximate surface area is 230 Å². The first-order chi connectivity index (χ1) is 18.5. The Morgan fingerprint density at radius 2 is 1.56 bits per heavy atom. The predicted octanol–water partition coefficient (Wildman–Crippen LogP) is 5.67. The van der Waals surface area contributed by atoms with Crippen LogP contribution >= 0.6 is 0 Å². The summed E-state index contributed by atoms with van der Waals surface area (Å²) in [6, 6.07) is 22.0. The number of hydrogen-bond acceptors (Lipinski definition) is 4. The summed E-state index contributed by atoms with van der Waals surface area (Å²) in [4.78, 5) is 13.1. The van der Waals surface area contributed by atoms with E-state index in [0.29, 0.717) is 5.69 Å². The van der Waals surface area contributed by atoms with E-state index in [1.807, 2.05) is 45.9 Å². The van der Waals surface area contributed by atoms with Gasteiger partial charge in [-0.1, -0.05) is 36.4 Å². The van der Waals surface area contributed by atoms with E-state index in [-0.39, 0.29) is 4.90 Å². The normalized spacial score (nSPS) is 11.6. The van der Waals surface area contributed by atoms with Crippen molar-refractivity contribution in [2.75, 3.05) is 10.8 Å². The number of hydrazone groups is 1. The second-order valence-electron chi connectivity index (χ2n) is 9.84. The lowest BCUT2D eigenvalue weighted by atomic mass is 10.1. The van der Waals surface area contributed by atoms with Gasteiger partial charge in [0.2, 0.25) is 0 Å². The molecule has 1 N–H and O–H groups in total. The second kappa shape index (κ2) is 11.3. The molecule has 4 aromatic rings. The SMILES string of the molecule is Cc1ccc(C)c(N(CC(=O)N/N=C\c2cc(C)n(-c3ccc(C)c(C)c3)c2C)S(=O)(=O)c2ccccc2)c1. The van der Waals surface area contributed by atoms with Gasteiger partial charge < -0.3 is 4.57 Å². The maximum atomic E-state index is 13.6. The summed E-state index contributed by atoms with van der Waals surface area (Å²) in [6.07, 6.45) is 1.59. The number of carbonyl (C=O) groups is 1. The Balaban J connectivity index is 1.58. The third-order valence-corrected chi connectivity index (χ3v) is 8.64. The number of benzene rings is 3. The van der Waals surface area contributed by atoms with Gasteiger partial charge in [0, 0.05) is 22.6 Å². The molecule has 0 atom stereocenters. The lowest BCUT2D eigenvalue weighted by molar-refractivity contribution is -0.119. The lowest BCUT2D eigenvalue weighted by Gasteiger charge is -2.25. The topological polar surface area (TPSA) is 83.8 Å². The summed E-state index contributed by atoms with van der Waals surface area (Å²) in [7, 11) is -3.99. The fraction of sp³-hybridized carbons (Fsp3) is 0.226. The van der Waals surface area contributed by atoms with Crippen molar-refractivity contribution in [1.29, 1.82) is 0 Å². The number of aromatic nitrogens is 1. The van der Waals surface area contributed by atoms with Gasteiger partial charge >= 0.3 is 0 Å².